The molecule has 0 amide bonds. The molecule has 0 atom stereocenters. The van der Waals surface area contributed by atoms with Crippen molar-refractivity contribution in [2.75, 3.05) is 18.8 Å². The van der Waals surface area contributed by atoms with Crippen molar-refractivity contribution < 1.29 is 27.1 Å². The van der Waals surface area contributed by atoms with E-state index in [4.69, 9.17) is 28.0 Å². The summed E-state index contributed by atoms with van der Waals surface area (Å²) >= 11 is 0. The maximum Gasteiger partial charge on any atom is 0.394 e. The molecule has 0 saturated carbocycles. The normalized spacial score (nSPS) is 11.4. The van der Waals surface area contributed by atoms with Crippen molar-refractivity contribution >= 4 is 22.1 Å². The number of anilines is 1. The SMILES string of the molecule is CCCCCNCC(C)(C)OC(=O)c1ccc(N)cc1.O=S(=O)(O)O. The molecule has 5 N–H and O–H groups in total. The highest BCUT2D eigenvalue weighted by Crippen LogP contribution is 2.13. The Hall–Kier alpha value is -1.68. The van der Waals surface area contributed by atoms with Crippen LogP contribution < -0.4 is 11.1 Å². The van der Waals surface area contributed by atoms with Crippen molar-refractivity contribution in [3.05, 3.63) is 29.8 Å². The van der Waals surface area contributed by atoms with Gasteiger partial charge in [-0.1, -0.05) is 19.8 Å². The third-order valence-electron chi connectivity index (χ3n) is 3.02. The van der Waals surface area contributed by atoms with E-state index in [1.54, 1.807) is 24.3 Å². The Bertz CT molecular complexity index is 606. The summed E-state index contributed by atoms with van der Waals surface area (Å²) in [6.07, 6.45) is 3.58. The van der Waals surface area contributed by atoms with Crippen molar-refractivity contribution in [3.8, 4) is 0 Å². The van der Waals surface area contributed by atoms with Gasteiger partial charge in [-0.15, -0.1) is 0 Å². The Morgan fingerprint density at radius 1 is 1.20 bits per heavy atom. The van der Waals surface area contributed by atoms with Crippen molar-refractivity contribution in [2.45, 2.75) is 45.6 Å². The molecule has 0 aliphatic carbocycles. The van der Waals surface area contributed by atoms with Crippen LogP contribution in [0.2, 0.25) is 0 Å². The Balaban J connectivity index is 0.00000101. The first kappa shape index (κ1) is 23.3. The van der Waals surface area contributed by atoms with Crippen molar-refractivity contribution in [1.29, 1.82) is 0 Å². The fourth-order valence-electron chi connectivity index (χ4n) is 1.85. The molecule has 0 aliphatic rings. The molecule has 144 valence electrons. The van der Waals surface area contributed by atoms with E-state index in [9.17, 15) is 4.79 Å². The lowest BCUT2D eigenvalue weighted by molar-refractivity contribution is -0.000411. The van der Waals surface area contributed by atoms with Crippen LogP contribution in [0.4, 0.5) is 5.69 Å². The first-order valence-electron chi connectivity index (χ1n) is 7.94. The Labute approximate surface area is 149 Å². The number of nitrogens with two attached hydrogens (primary N) is 1. The molecule has 1 rings (SSSR count). The molecule has 0 radical (unpaired) electrons. The number of benzene rings is 1. The van der Waals surface area contributed by atoms with E-state index < -0.39 is 16.0 Å². The highest BCUT2D eigenvalue weighted by molar-refractivity contribution is 7.79. The van der Waals surface area contributed by atoms with Crippen molar-refractivity contribution in [1.82, 2.24) is 5.32 Å². The van der Waals surface area contributed by atoms with Crippen LogP contribution in [0.1, 0.15) is 50.4 Å². The van der Waals surface area contributed by atoms with Crippen LogP contribution >= 0.6 is 0 Å². The first-order chi connectivity index (χ1) is 11.4. The van der Waals surface area contributed by atoms with Gasteiger partial charge in [0.1, 0.15) is 5.60 Å². The van der Waals surface area contributed by atoms with E-state index in [0.717, 1.165) is 13.0 Å². The monoisotopic (exact) mass is 376 g/mol. The van der Waals surface area contributed by atoms with Gasteiger partial charge in [0, 0.05) is 12.2 Å². The largest absolute Gasteiger partial charge is 0.455 e. The third-order valence-corrected chi connectivity index (χ3v) is 3.02. The van der Waals surface area contributed by atoms with E-state index in [0.29, 0.717) is 17.8 Å². The minimum Gasteiger partial charge on any atom is -0.455 e. The maximum absolute atomic E-state index is 12.0. The molecule has 0 saturated heterocycles. The number of carbonyl (C=O) groups excluding carboxylic acids is 1. The van der Waals surface area contributed by atoms with Gasteiger partial charge in [0.05, 0.1) is 5.56 Å². The summed E-state index contributed by atoms with van der Waals surface area (Å²) in [5, 5.41) is 3.33. The number of nitrogen functional groups attached to an aromatic ring is 1. The van der Waals surface area contributed by atoms with Crippen molar-refractivity contribution in [3.63, 3.8) is 0 Å². The van der Waals surface area contributed by atoms with Gasteiger partial charge >= 0.3 is 16.4 Å². The number of rotatable bonds is 8. The van der Waals surface area contributed by atoms with E-state index in [1.807, 2.05) is 13.8 Å². The molecule has 0 bridgehead atoms. The van der Waals surface area contributed by atoms with Crippen LogP contribution in [0.3, 0.4) is 0 Å². The van der Waals surface area contributed by atoms with Gasteiger partial charge in [-0.25, -0.2) is 4.79 Å². The Morgan fingerprint density at radius 3 is 2.20 bits per heavy atom. The Morgan fingerprint density at radius 2 is 1.72 bits per heavy atom. The number of carbonyl (C=O) groups is 1. The van der Waals surface area contributed by atoms with Gasteiger partial charge in [-0.05, 0) is 51.1 Å². The lowest BCUT2D eigenvalue weighted by Gasteiger charge is -2.25. The van der Waals surface area contributed by atoms with E-state index in [2.05, 4.69) is 12.2 Å². The number of hydrogen-bond acceptors (Lipinski definition) is 6. The average Bonchev–Trinajstić information content (AvgIpc) is 2.45. The van der Waals surface area contributed by atoms with Gasteiger partial charge in [0.2, 0.25) is 0 Å². The molecule has 25 heavy (non-hydrogen) atoms. The van der Waals surface area contributed by atoms with Gasteiger partial charge in [-0.2, -0.15) is 8.42 Å². The molecule has 0 unspecified atom stereocenters. The second kappa shape index (κ2) is 11.0. The summed E-state index contributed by atoms with van der Waals surface area (Å²) in [6.45, 7) is 7.61. The molecule has 1 aromatic carbocycles. The van der Waals surface area contributed by atoms with Crippen LogP contribution in [-0.4, -0.2) is 42.2 Å². The second-order valence-electron chi connectivity index (χ2n) is 6.10. The standard InChI is InChI=1S/C16H26N2O2.H2O4S/c1-4-5-6-11-18-12-16(2,3)20-15(19)13-7-9-14(17)10-8-13;1-5(2,3)4/h7-10,18H,4-6,11-12,17H2,1-3H3;(H2,1,2,3,4). The second-order valence-corrected chi connectivity index (χ2v) is 7.00. The molecule has 8 nitrogen and oxygen atoms in total. The summed E-state index contributed by atoms with van der Waals surface area (Å²) in [5.74, 6) is -0.314. The third kappa shape index (κ3) is 14.4. The number of unbranched alkanes of at least 4 members (excludes halogenated alkanes) is 2. The first-order valence-corrected chi connectivity index (χ1v) is 9.34. The molecule has 0 aliphatic heterocycles. The average molecular weight is 376 g/mol. The zero-order valence-corrected chi connectivity index (χ0v) is 15.7. The van der Waals surface area contributed by atoms with Crippen LogP contribution in [0.5, 0.6) is 0 Å². The van der Waals surface area contributed by atoms with Crippen molar-refractivity contribution in [2.24, 2.45) is 0 Å². The quantitative estimate of drug-likeness (QED) is 0.235. The summed E-state index contributed by atoms with van der Waals surface area (Å²) in [4.78, 5) is 12.0. The predicted molar refractivity (Wildman–Crippen MR) is 96.9 cm³/mol. The zero-order chi connectivity index (χ0) is 19.5. The summed E-state index contributed by atoms with van der Waals surface area (Å²) in [5.41, 5.74) is 6.24. The maximum atomic E-state index is 12.0. The number of hydrogen-bond donors (Lipinski definition) is 4. The molecule has 0 fully saturated rings. The topological polar surface area (TPSA) is 139 Å². The number of ether oxygens (including phenoxy) is 1. The van der Waals surface area contributed by atoms with Gasteiger partial charge in [-0.3, -0.25) is 9.11 Å². The highest BCUT2D eigenvalue weighted by atomic mass is 32.3. The van der Waals surface area contributed by atoms with Crippen LogP contribution in [0.15, 0.2) is 24.3 Å². The molecular formula is C16H28N2O6S. The van der Waals surface area contributed by atoms with Crippen LogP contribution in [0, 0.1) is 0 Å². The lowest BCUT2D eigenvalue weighted by atomic mass is 10.1. The summed E-state index contributed by atoms with van der Waals surface area (Å²) in [7, 11) is -4.67. The van der Waals surface area contributed by atoms with E-state index >= 15 is 0 Å². The van der Waals surface area contributed by atoms with Crippen LogP contribution in [0.25, 0.3) is 0 Å². The fraction of sp³-hybridized carbons (Fsp3) is 0.562. The smallest absolute Gasteiger partial charge is 0.394 e. The predicted octanol–water partition coefficient (Wildman–Crippen LogP) is 2.33. The van der Waals surface area contributed by atoms with Gasteiger partial charge in [0.25, 0.3) is 0 Å². The van der Waals surface area contributed by atoms with Gasteiger partial charge < -0.3 is 15.8 Å². The Kier molecular flexibility index (Phi) is 10.3. The van der Waals surface area contributed by atoms with Gasteiger partial charge in [0.15, 0.2) is 0 Å². The number of esters is 1. The lowest BCUT2D eigenvalue weighted by Crippen LogP contribution is -2.39. The summed E-state index contributed by atoms with van der Waals surface area (Å²) < 4.78 is 37.1. The molecule has 0 spiro atoms. The zero-order valence-electron chi connectivity index (χ0n) is 14.9. The van der Waals surface area contributed by atoms with E-state index in [-0.39, 0.29) is 5.97 Å². The molecule has 9 heteroatoms. The molecule has 0 aromatic heterocycles. The number of nitrogens with one attached hydrogen (secondary N) is 1. The van der Waals surface area contributed by atoms with Crippen LogP contribution in [-0.2, 0) is 15.1 Å². The molecular weight excluding hydrogens is 348 g/mol. The minimum absolute atomic E-state index is 0.314. The van der Waals surface area contributed by atoms with E-state index in [1.165, 1.54) is 12.8 Å². The highest BCUT2D eigenvalue weighted by Gasteiger charge is 2.23. The fourth-order valence-corrected chi connectivity index (χ4v) is 1.85. The molecule has 1 aromatic rings. The minimum atomic E-state index is -4.67. The summed E-state index contributed by atoms with van der Waals surface area (Å²) in [6, 6.07) is 6.77. The molecule has 0 heterocycles.